The average Bonchev–Trinajstić information content (AvgIpc) is 3.07. The third kappa shape index (κ3) is 2.14. The highest BCUT2D eigenvalue weighted by atomic mass is 16.6. The van der Waals surface area contributed by atoms with Crippen LogP contribution in [0.25, 0.3) is 11.2 Å². The molecular formula is C12H17N5O4. The van der Waals surface area contributed by atoms with Crippen molar-refractivity contribution >= 4 is 17.0 Å². The smallest absolute Gasteiger partial charge is 0.167 e. The van der Waals surface area contributed by atoms with E-state index in [0.717, 1.165) is 0 Å². The Balaban J connectivity index is 2.04. The summed E-state index contributed by atoms with van der Waals surface area (Å²) < 4.78 is 12.6. The second-order valence-electron chi connectivity index (χ2n) is 4.73. The molecule has 0 saturated carbocycles. The van der Waals surface area contributed by atoms with Gasteiger partial charge in [0.25, 0.3) is 0 Å². The lowest BCUT2D eigenvalue weighted by Gasteiger charge is -2.19. The van der Waals surface area contributed by atoms with E-state index in [1.807, 2.05) is 0 Å². The van der Waals surface area contributed by atoms with Gasteiger partial charge in [0.15, 0.2) is 17.7 Å². The number of aliphatic hydroxyl groups excluding tert-OH is 2. The Morgan fingerprint density at radius 2 is 2.24 bits per heavy atom. The number of fused-ring (bicyclic) bond motifs is 1. The third-order valence-electron chi connectivity index (χ3n) is 3.63. The fourth-order valence-corrected chi connectivity index (χ4v) is 2.57. The van der Waals surface area contributed by atoms with Gasteiger partial charge in [0.1, 0.15) is 30.2 Å². The fraction of sp³-hybridized carbons (Fsp3) is 0.583. The molecule has 3 rings (SSSR count). The van der Waals surface area contributed by atoms with E-state index in [4.69, 9.17) is 9.47 Å². The number of hydrogen-bond acceptors (Lipinski definition) is 8. The van der Waals surface area contributed by atoms with Crippen molar-refractivity contribution in [2.45, 2.75) is 24.5 Å². The lowest BCUT2D eigenvalue weighted by molar-refractivity contribution is -0.0583. The van der Waals surface area contributed by atoms with Gasteiger partial charge in [-0.25, -0.2) is 15.0 Å². The molecule has 3 unspecified atom stereocenters. The third-order valence-corrected chi connectivity index (χ3v) is 3.63. The van der Waals surface area contributed by atoms with Gasteiger partial charge in [-0.3, -0.25) is 4.57 Å². The molecule has 4 atom stereocenters. The Labute approximate surface area is 120 Å². The van der Waals surface area contributed by atoms with E-state index < -0.39 is 24.5 Å². The molecule has 2 aromatic heterocycles. The van der Waals surface area contributed by atoms with Gasteiger partial charge in [-0.05, 0) is 0 Å². The van der Waals surface area contributed by atoms with E-state index in [1.54, 1.807) is 17.9 Å². The van der Waals surface area contributed by atoms with Crippen LogP contribution in [0.1, 0.15) is 6.23 Å². The predicted octanol–water partition coefficient (Wildman–Crippen LogP) is -0.866. The van der Waals surface area contributed by atoms with Crippen LogP contribution in [0.3, 0.4) is 0 Å². The first-order valence-electron chi connectivity index (χ1n) is 6.53. The molecule has 1 aliphatic rings. The van der Waals surface area contributed by atoms with Crippen LogP contribution in [0.2, 0.25) is 0 Å². The van der Waals surface area contributed by atoms with Crippen LogP contribution < -0.4 is 5.32 Å². The van der Waals surface area contributed by atoms with Crippen molar-refractivity contribution in [3.05, 3.63) is 12.7 Å². The van der Waals surface area contributed by atoms with Crippen LogP contribution in [0.5, 0.6) is 0 Å². The zero-order valence-electron chi connectivity index (χ0n) is 11.7. The number of ether oxygens (including phenoxy) is 2. The van der Waals surface area contributed by atoms with Crippen molar-refractivity contribution in [1.82, 2.24) is 19.5 Å². The van der Waals surface area contributed by atoms with Gasteiger partial charge < -0.3 is 25.0 Å². The van der Waals surface area contributed by atoms with Crippen molar-refractivity contribution in [3.63, 3.8) is 0 Å². The van der Waals surface area contributed by atoms with Crippen molar-refractivity contribution < 1.29 is 19.7 Å². The molecule has 9 nitrogen and oxygen atoms in total. The van der Waals surface area contributed by atoms with Crippen molar-refractivity contribution in [3.8, 4) is 0 Å². The van der Waals surface area contributed by atoms with Crippen LogP contribution in [0.4, 0.5) is 5.82 Å². The fourth-order valence-electron chi connectivity index (χ4n) is 2.57. The van der Waals surface area contributed by atoms with Gasteiger partial charge in [0, 0.05) is 14.2 Å². The Morgan fingerprint density at radius 1 is 1.43 bits per heavy atom. The maximum absolute atomic E-state index is 10.1. The molecule has 114 valence electrons. The Kier molecular flexibility index (Phi) is 3.72. The molecule has 2 aromatic rings. The SMILES string of the molecule is CNc1ncnc2c1ncn2C1O[C@H](CO)C(O)C1OC. The number of nitrogens with one attached hydrogen (secondary N) is 1. The summed E-state index contributed by atoms with van der Waals surface area (Å²) in [6, 6.07) is 0. The molecule has 1 fully saturated rings. The van der Waals surface area contributed by atoms with Crippen LogP contribution in [0, 0.1) is 0 Å². The number of anilines is 1. The first-order valence-corrected chi connectivity index (χ1v) is 6.53. The minimum atomic E-state index is -0.923. The lowest BCUT2D eigenvalue weighted by Crippen LogP contribution is -2.34. The maximum atomic E-state index is 10.1. The Morgan fingerprint density at radius 3 is 2.90 bits per heavy atom. The van der Waals surface area contributed by atoms with Gasteiger partial charge in [-0.1, -0.05) is 0 Å². The molecule has 1 aliphatic heterocycles. The molecule has 3 heterocycles. The molecule has 0 radical (unpaired) electrons. The summed E-state index contributed by atoms with van der Waals surface area (Å²) in [5.41, 5.74) is 1.16. The molecule has 0 spiro atoms. The second kappa shape index (κ2) is 5.53. The minimum Gasteiger partial charge on any atom is -0.394 e. The van der Waals surface area contributed by atoms with E-state index in [9.17, 15) is 10.2 Å². The summed E-state index contributed by atoms with van der Waals surface area (Å²) >= 11 is 0. The highest BCUT2D eigenvalue weighted by molar-refractivity contribution is 5.82. The maximum Gasteiger partial charge on any atom is 0.167 e. The van der Waals surface area contributed by atoms with Gasteiger partial charge >= 0.3 is 0 Å². The second-order valence-corrected chi connectivity index (χ2v) is 4.73. The van der Waals surface area contributed by atoms with Crippen LogP contribution in [0.15, 0.2) is 12.7 Å². The number of hydrogen-bond donors (Lipinski definition) is 3. The molecule has 21 heavy (non-hydrogen) atoms. The normalized spacial score (nSPS) is 29.1. The van der Waals surface area contributed by atoms with E-state index in [0.29, 0.717) is 17.0 Å². The van der Waals surface area contributed by atoms with Crippen LogP contribution >= 0.6 is 0 Å². The summed E-state index contributed by atoms with van der Waals surface area (Å²) in [5.74, 6) is 0.602. The quantitative estimate of drug-likeness (QED) is 0.667. The standard InChI is InChI=1S/C12H17N5O4/c1-13-10-7-11(15-4-14-10)17(5-16-7)12-9(20-2)8(19)6(3-18)21-12/h4-6,8-9,12,18-19H,3H2,1-2H3,(H,13,14,15)/t6-,8?,9?,12?/m1/s1. The van der Waals surface area contributed by atoms with E-state index in [-0.39, 0.29) is 6.61 Å². The number of methoxy groups -OCH3 is 1. The summed E-state index contributed by atoms with van der Waals surface area (Å²) in [7, 11) is 3.23. The number of imidazole rings is 1. The van der Waals surface area contributed by atoms with Crippen LogP contribution in [-0.2, 0) is 9.47 Å². The van der Waals surface area contributed by atoms with E-state index >= 15 is 0 Å². The highest BCUT2D eigenvalue weighted by Gasteiger charge is 2.45. The molecule has 0 aromatic carbocycles. The molecule has 0 bridgehead atoms. The topological polar surface area (TPSA) is 115 Å². The summed E-state index contributed by atoms with van der Waals surface area (Å²) in [5, 5.41) is 22.3. The molecule has 0 amide bonds. The number of aliphatic hydroxyl groups is 2. The lowest BCUT2D eigenvalue weighted by atomic mass is 10.1. The molecule has 1 saturated heterocycles. The van der Waals surface area contributed by atoms with Gasteiger partial charge in [0.05, 0.1) is 12.9 Å². The van der Waals surface area contributed by atoms with Gasteiger partial charge in [-0.15, -0.1) is 0 Å². The van der Waals surface area contributed by atoms with Gasteiger partial charge in [0.2, 0.25) is 0 Å². The molecule has 0 aliphatic carbocycles. The predicted molar refractivity (Wildman–Crippen MR) is 72.7 cm³/mol. The number of nitrogens with zero attached hydrogens (tertiary/aromatic N) is 4. The van der Waals surface area contributed by atoms with Gasteiger partial charge in [-0.2, -0.15) is 0 Å². The first kappa shape index (κ1) is 14.1. The zero-order valence-corrected chi connectivity index (χ0v) is 11.7. The van der Waals surface area contributed by atoms with E-state index in [1.165, 1.54) is 13.4 Å². The average molecular weight is 295 g/mol. The number of rotatable bonds is 4. The highest BCUT2D eigenvalue weighted by Crippen LogP contribution is 2.33. The van der Waals surface area contributed by atoms with E-state index in [2.05, 4.69) is 20.3 Å². The summed E-state index contributed by atoms with van der Waals surface area (Å²) in [6.07, 6.45) is 0.113. The Bertz CT molecular complexity index is 633. The largest absolute Gasteiger partial charge is 0.394 e. The monoisotopic (exact) mass is 295 g/mol. The Hall–Kier alpha value is -1.81. The van der Waals surface area contributed by atoms with Crippen molar-refractivity contribution in [2.75, 3.05) is 26.1 Å². The molecular weight excluding hydrogens is 278 g/mol. The number of aromatic nitrogens is 4. The first-order chi connectivity index (χ1) is 10.2. The summed E-state index contributed by atoms with van der Waals surface area (Å²) in [4.78, 5) is 12.6. The molecule has 3 N–H and O–H groups in total. The minimum absolute atomic E-state index is 0.291. The molecule has 9 heteroatoms. The van der Waals surface area contributed by atoms with Crippen LogP contribution in [-0.4, -0.2) is 68.8 Å². The zero-order chi connectivity index (χ0) is 15.0. The van der Waals surface area contributed by atoms with Crippen molar-refractivity contribution in [2.24, 2.45) is 0 Å². The summed E-state index contributed by atoms with van der Waals surface area (Å²) in [6.45, 7) is -0.291. The van der Waals surface area contributed by atoms with Crippen molar-refractivity contribution in [1.29, 1.82) is 0 Å².